The third-order valence-electron chi connectivity index (χ3n) is 6.27. The maximum atomic E-state index is 14.2. The minimum absolute atomic E-state index is 0.0406. The third-order valence-corrected chi connectivity index (χ3v) is 6.27. The largest absolute Gasteiger partial charge is 0.457 e. The van der Waals surface area contributed by atoms with Crippen LogP contribution in [0.2, 0.25) is 0 Å². The number of carbonyl (C=O) groups is 5. The number of benzene rings is 2. The summed E-state index contributed by atoms with van der Waals surface area (Å²) < 4.78 is 5.20. The first-order valence-corrected chi connectivity index (χ1v) is 12.9. The van der Waals surface area contributed by atoms with Crippen molar-refractivity contribution in [3.63, 3.8) is 0 Å². The van der Waals surface area contributed by atoms with Gasteiger partial charge in [-0.25, -0.2) is 14.8 Å². The highest BCUT2D eigenvalue weighted by Gasteiger charge is 2.47. The quantitative estimate of drug-likeness (QED) is 0.360. The van der Waals surface area contributed by atoms with E-state index in [1.807, 2.05) is 6.07 Å². The van der Waals surface area contributed by atoms with Gasteiger partial charge in [0.15, 0.2) is 0 Å². The molecular weight excluding hydrogens is 498 g/mol. The number of carbonyl (C=O) groups excluding carboxylic acids is 5. The number of esters is 1. The summed E-state index contributed by atoms with van der Waals surface area (Å²) in [7, 11) is 0. The molecule has 39 heavy (non-hydrogen) atoms. The molecule has 2 atom stereocenters. The number of ketones is 1. The molecule has 0 unspecified atom stereocenters. The number of ether oxygens (including phenoxy) is 1. The molecule has 9 heteroatoms. The molecule has 1 aliphatic rings. The van der Waals surface area contributed by atoms with Crippen LogP contribution in [0, 0.1) is 5.92 Å². The number of rotatable bonds is 9. The van der Waals surface area contributed by atoms with Crippen LogP contribution in [0.5, 0.6) is 0 Å². The summed E-state index contributed by atoms with van der Waals surface area (Å²) >= 11 is 0. The van der Waals surface area contributed by atoms with Gasteiger partial charge in [-0.05, 0) is 25.3 Å². The molecule has 1 heterocycles. The molecule has 0 aliphatic carbocycles. The summed E-state index contributed by atoms with van der Waals surface area (Å²) in [6.45, 7) is 9.42. The molecule has 0 bridgehead atoms. The van der Waals surface area contributed by atoms with Crippen LogP contribution in [0.3, 0.4) is 0 Å². The van der Waals surface area contributed by atoms with Crippen molar-refractivity contribution in [1.29, 1.82) is 0 Å². The molecule has 0 radical (unpaired) electrons. The third kappa shape index (κ3) is 6.60. The first kappa shape index (κ1) is 29.3. The lowest BCUT2D eigenvalue weighted by atomic mass is 9.97. The Morgan fingerprint density at radius 2 is 1.46 bits per heavy atom. The Hall–Kier alpha value is -4.27. The molecule has 0 N–H and O–H groups in total. The number of hydrogen-bond donors (Lipinski definition) is 0. The van der Waals surface area contributed by atoms with Gasteiger partial charge >= 0.3 is 5.97 Å². The Bertz CT molecular complexity index is 1260. The van der Waals surface area contributed by atoms with Gasteiger partial charge in [0.25, 0.3) is 11.7 Å². The van der Waals surface area contributed by atoms with E-state index in [0.717, 1.165) is 10.0 Å². The second-order valence-corrected chi connectivity index (χ2v) is 10.0. The van der Waals surface area contributed by atoms with Crippen LogP contribution in [0.15, 0.2) is 66.9 Å². The van der Waals surface area contributed by atoms with Crippen molar-refractivity contribution >= 4 is 35.2 Å². The van der Waals surface area contributed by atoms with Crippen molar-refractivity contribution in [2.45, 2.75) is 66.2 Å². The summed E-state index contributed by atoms with van der Waals surface area (Å²) in [6.07, 6.45) is 0.924. The molecule has 1 aliphatic heterocycles. The van der Waals surface area contributed by atoms with Crippen LogP contribution >= 0.6 is 0 Å². The number of nitrogens with zero attached hydrogens (tertiary/aromatic N) is 3. The SMILES string of the molecule is CC(=O)N1C=C(c2ccccc2)N(N(C(C)=O)[C@@H](Cc2ccccc2)C(=O)C(=O)OC(C)C)C(=O)[C@H]1C(C)C. The predicted molar refractivity (Wildman–Crippen MR) is 145 cm³/mol. The fourth-order valence-electron chi connectivity index (χ4n) is 4.59. The Balaban J connectivity index is 2.25. The number of amides is 3. The van der Waals surface area contributed by atoms with Gasteiger partial charge in [-0.3, -0.25) is 19.2 Å². The summed E-state index contributed by atoms with van der Waals surface area (Å²) in [5, 5.41) is 2.18. The Labute approximate surface area is 229 Å². The van der Waals surface area contributed by atoms with Crippen LogP contribution in [0.1, 0.15) is 52.7 Å². The number of hydrogen-bond acceptors (Lipinski definition) is 6. The minimum atomic E-state index is -1.39. The minimum Gasteiger partial charge on any atom is -0.457 e. The Morgan fingerprint density at radius 3 is 1.95 bits per heavy atom. The molecule has 2 aromatic rings. The lowest BCUT2D eigenvalue weighted by molar-refractivity contribution is -0.172. The van der Waals surface area contributed by atoms with Gasteiger partial charge in [0, 0.05) is 32.0 Å². The van der Waals surface area contributed by atoms with Gasteiger partial charge in [-0.15, -0.1) is 0 Å². The zero-order valence-corrected chi connectivity index (χ0v) is 23.2. The van der Waals surface area contributed by atoms with Crippen LogP contribution in [-0.4, -0.2) is 62.6 Å². The predicted octanol–water partition coefficient (Wildman–Crippen LogP) is 3.60. The van der Waals surface area contributed by atoms with Gasteiger partial charge in [-0.2, -0.15) is 0 Å². The highest BCUT2D eigenvalue weighted by Crippen LogP contribution is 2.33. The molecule has 0 spiro atoms. The fourth-order valence-corrected chi connectivity index (χ4v) is 4.59. The van der Waals surface area contributed by atoms with Crippen molar-refractivity contribution in [1.82, 2.24) is 14.9 Å². The molecule has 0 saturated heterocycles. The molecule has 0 saturated carbocycles. The van der Waals surface area contributed by atoms with E-state index in [1.54, 1.807) is 82.3 Å². The monoisotopic (exact) mass is 533 g/mol. The molecule has 2 aromatic carbocycles. The molecule has 0 fully saturated rings. The second kappa shape index (κ2) is 12.5. The van der Waals surface area contributed by atoms with E-state index in [2.05, 4.69) is 0 Å². The zero-order valence-electron chi connectivity index (χ0n) is 23.2. The molecule has 3 amide bonds. The topological polar surface area (TPSA) is 104 Å². The summed E-state index contributed by atoms with van der Waals surface area (Å²) in [4.78, 5) is 68.0. The fraction of sp³-hybridized carbons (Fsp3) is 0.367. The Kier molecular flexibility index (Phi) is 9.40. The normalized spacial score (nSPS) is 16.2. The van der Waals surface area contributed by atoms with E-state index in [9.17, 15) is 24.0 Å². The highest BCUT2D eigenvalue weighted by atomic mass is 16.5. The standard InChI is InChI=1S/C30H35N3O6/c1-19(2)27-29(37)33(26(18-31(27)21(5)34)24-15-11-8-12-16-24)32(22(6)35)25(17-23-13-9-7-10-14-23)28(36)30(38)39-20(3)4/h7-16,18-20,25,27H,17H2,1-6H3/t25-,27+/m0/s1. The van der Waals surface area contributed by atoms with Gasteiger partial charge in [0.1, 0.15) is 12.1 Å². The van der Waals surface area contributed by atoms with Crippen molar-refractivity contribution in [3.8, 4) is 0 Å². The lowest BCUT2D eigenvalue weighted by Crippen LogP contribution is -2.64. The summed E-state index contributed by atoms with van der Waals surface area (Å²) in [6, 6.07) is 15.4. The van der Waals surface area contributed by atoms with E-state index >= 15 is 0 Å². The average molecular weight is 534 g/mol. The van der Waals surface area contributed by atoms with Gasteiger partial charge < -0.3 is 9.64 Å². The molecule has 9 nitrogen and oxygen atoms in total. The van der Waals surface area contributed by atoms with Crippen LogP contribution < -0.4 is 0 Å². The van der Waals surface area contributed by atoms with Crippen molar-refractivity contribution in [2.75, 3.05) is 0 Å². The Morgan fingerprint density at radius 1 is 0.897 bits per heavy atom. The molecule has 0 aromatic heterocycles. The molecule has 206 valence electrons. The van der Waals surface area contributed by atoms with E-state index in [1.165, 1.54) is 24.9 Å². The van der Waals surface area contributed by atoms with Gasteiger partial charge in [-0.1, -0.05) is 74.5 Å². The zero-order chi connectivity index (χ0) is 28.9. The van der Waals surface area contributed by atoms with Crippen LogP contribution in [0.25, 0.3) is 5.70 Å². The van der Waals surface area contributed by atoms with E-state index < -0.39 is 41.8 Å². The van der Waals surface area contributed by atoms with Crippen molar-refractivity contribution in [2.24, 2.45) is 5.92 Å². The maximum Gasteiger partial charge on any atom is 0.377 e. The van der Waals surface area contributed by atoms with E-state index in [-0.39, 0.29) is 23.9 Å². The molecule has 3 rings (SSSR count). The van der Waals surface area contributed by atoms with Crippen LogP contribution in [0.4, 0.5) is 0 Å². The average Bonchev–Trinajstić information content (AvgIpc) is 2.88. The summed E-state index contributed by atoms with van der Waals surface area (Å²) in [5.74, 6) is -3.92. The maximum absolute atomic E-state index is 14.2. The van der Waals surface area contributed by atoms with Crippen LogP contribution in [-0.2, 0) is 35.1 Å². The van der Waals surface area contributed by atoms with Crippen molar-refractivity contribution < 1.29 is 28.7 Å². The first-order chi connectivity index (χ1) is 18.4. The van der Waals surface area contributed by atoms with Crippen molar-refractivity contribution in [3.05, 3.63) is 78.0 Å². The van der Waals surface area contributed by atoms with Gasteiger partial charge in [0.05, 0.1) is 11.8 Å². The molecular formula is C30H35N3O6. The smallest absolute Gasteiger partial charge is 0.377 e. The highest BCUT2D eigenvalue weighted by molar-refractivity contribution is 6.36. The number of hydrazine groups is 1. The first-order valence-electron chi connectivity index (χ1n) is 12.9. The second-order valence-electron chi connectivity index (χ2n) is 10.0. The van der Waals surface area contributed by atoms with Gasteiger partial charge in [0.2, 0.25) is 11.8 Å². The number of Topliss-reactive ketones (excluding diaryl/α,β-unsaturated/α-hetero) is 1. The lowest BCUT2D eigenvalue weighted by Gasteiger charge is -2.46. The summed E-state index contributed by atoms with van der Waals surface area (Å²) in [5.41, 5.74) is 1.45. The van der Waals surface area contributed by atoms with E-state index in [0.29, 0.717) is 11.1 Å². The van der Waals surface area contributed by atoms with E-state index in [4.69, 9.17) is 4.74 Å².